The number of hydrogen-bond donors (Lipinski definition) is 2. The van der Waals surface area contributed by atoms with E-state index in [4.69, 9.17) is 5.73 Å². The molecule has 0 saturated heterocycles. The topological polar surface area (TPSA) is 68.0 Å². The Balaban J connectivity index is 2.21. The van der Waals surface area contributed by atoms with Crippen LogP contribution in [0.5, 0.6) is 0 Å². The maximum atomic E-state index is 12.0. The van der Waals surface area contributed by atoms with Crippen molar-refractivity contribution in [1.29, 1.82) is 0 Å². The molecule has 1 aromatic heterocycles. The Morgan fingerprint density at radius 3 is 2.67 bits per heavy atom. The van der Waals surface area contributed by atoms with Gasteiger partial charge in [0, 0.05) is 23.3 Å². The minimum absolute atomic E-state index is 0.184. The fraction of sp³-hybridized carbons (Fsp3) is 0.143. The average Bonchev–Trinajstić information content (AvgIpc) is 2.36. The van der Waals surface area contributed by atoms with Crippen molar-refractivity contribution in [3.05, 3.63) is 53.3 Å². The molecule has 0 fully saturated rings. The van der Waals surface area contributed by atoms with E-state index in [1.54, 1.807) is 24.4 Å². The van der Waals surface area contributed by atoms with Gasteiger partial charge < -0.3 is 11.1 Å². The van der Waals surface area contributed by atoms with Crippen LogP contribution in [0.1, 0.15) is 21.6 Å². The first-order valence-electron chi connectivity index (χ1n) is 5.67. The van der Waals surface area contributed by atoms with Gasteiger partial charge in [0.05, 0.1) is 5.56 Å². The van der Waals surface area contributed by atoms with E-state index in [0.29, 0.717) is 11.3 Å². The van der Waals surface area contributed by atoms with Crippen LogP contribution in [0.4, 0.5) is 11.4 Å². The highest BCUT2D eigenvalue weighted by Crippen LogP contribution is 2.20. The van der Waals surface area contributed by atoms with Gasteiger partial charge in [0.1, 0.15) is 0 Å². The zero-order chi connectivity index (χ0) is 13.1. The van der Waals surface area contributed by atoms with Crippen molar-refractivity contribution in [3.63, 3.8) is 0 Å². The molecule has 92 valence electrons. The second-order valence-corrected chi connectivity index (χ2v) is 4.16. The molecule has 2 aromatic rings. The van der Waals surface area contributed by atoms with E-state index in [0.717, 1.165) is 16.9 Å². The highest BCUT2D eigenvalue weighted by molar-refractivity contribution is 6.04. The quantitative estimate of drug-likeness (QED) is 0.794. The Morgan fingerprint density at radius 1 is 1.22 bits per heavy atom. The predicted molar refractivity (Wildman–Crippen MR) is 72.5 cm³/mol. The van der Waals surface area contributed by atoms with Crippen molar-refractivity contribution in [3.8, 4) is 0 Å². The standard InChI is InChI=1S/C14H15N3O/c1-9-6-7-11(8-16-9)14(18)17-13-5-3-4-12(15)10(13)2/h3-8H,15H2,1-2H3,(H,17,18). The Bertz CT molecular complexity index is 576. The van der Waals surface area contributed by atoms with E-state index in [9.17, 15) is 4.79 Å². The molecule has 18 heavy (non-hydrogen) atoms. The van der Waals surface area contributed by atoms with Gasteiger partial charge in [-0.1, -0.05) is 6.07 Å². The smallest absolute Gasteiger partial charge is 0.257 e. The number of nitrogens with one attached hydrogen (secondary N) is 1. The van der Waals surface area contributed by atoms with E-state index in [-0.39, 0.29) is 5.91 Å². The number of nitrogens with two attached hydrogens (primary N) is 1. The first kappa shape index (κ1) is 12.1. The molecule has 2 rings (SSSR count). The molecular weight excluding hydrogens is 226 g/mol. The van der Waals surface area contributed by atoms with E-state index >= 15 is 0 Å². The summed E-state index contributed by atoms with van der Waals surface area (Å²) >= 11 is 0. The Kier molecular flexibility index (Phi) is 3.28. The van der Waals surface area contributed by atoms with Gasteiger partial charge in [0.2, 0.25) is 0 Å². The van der Waals surface area contributed by atoms with Crippen LogP contribution in [0.2, 0.25) is 0 Å². The van der Waals surface area contributed by atoms with Gasteiger partial charge in [-0.05, 0) is 43.7 Å². The van der Waals surface area contributed by atoms with Crippen LogP contribution in [0.25, 0.3) is 0 Å². The monoisotopic (exact) mass is 241 g/mol. The lowest BCUT2D eigenvalue weighted by molar-refractivity contribution is 0.102. The summed E-state index contributed by atoms with van der Waals surface area (Å²) in [6.07, 6.45) is 1.56. The fourth-order valence-electron chi connectivity index (χ4n) is 1.59. The van der Waals surface area contributed by atoms with Crippen LogP contribution in [-0.4, -0.2) is 10.9 Å². The Hall–Kier alpha value is -2.36. The highest BCUT2D eigenvalue weighted by Gasteiger charge is 2.08. The number of carbonyl (C=O) groups excluding carboxylic acids is 1. The Labute approximate surface area is 106 Å². The second-order valence-electron chi connectivity index (χ2n) is 4.16. The van der Waals surface area contributed by atoms with Crippen molar-refractivity contribution in [2.45, 2.75) is 13.8 Å². The van der Waals surface area contributed by atoms with E-state index in [1.807, 2.05) is 26.0 Å². The minimum Gasteiger partial charge on any atom is -0.398 e. The Morgan fingerprint density at radius 2 is 2.00 bits per heavy atom. The molecule has 0 saturated carbocycles. The molecule has 0 bridgehead atoms. The zero-order valence-electron chi connectivity index (χ0n) is 10.4. The van der Waals surface area contributed by atoms with Crippen molar-refractivity contribution in [1.82, 2.24) is 4.98 Å². The first-order chi connectivity index (χ1) is 8.58. The molecule has 1 amide bonds. The average molecular weight is 241 g/mol. The summed E-state index contributed by atoms with van der Waals surface area (Å²) in [6.45, 7) is 3.75. The molecule has 0 unspecified atom stereocenters. The van der Waals surface area contributed by atoms with Crippen LogP contribution >= 0.6 is 0 Å². The van der Waals surface area contributed by atoms with Crippen molar-refractivity contribution >= 4 is 17.3 Å². The summed E-state index contributed by atoms with van der Waals surface area (Å²) in [5.74, 6) is -0.184. The third-order valence-electron chi connectivity index (χ3n) is 2.80. The molecule has 1 aromatic carbocycles. The summed E-state index contributed by atoms with van der Waals surface area (Å²) in [5, 5.41) is 2.83. The van der Waals surface area contributed by atoms with Gasteiger partial charge >= 0.3 is 0 Å². The maximum Gasteiger partial charge on any atom is 0.257 e. The number of aromatic nitrogens is 1. The number of amides is 1. The van der Waals surface area contributed by atoms with Gasteiger partial charge in [-0.2, -0.15) is 0 Å². The van der Waals surface area contributed by atoms with Crippen molar-refractivity contribution in [2.75, 3.05) is 11.1 Å². The fourth-order valence-corrected chi connectivity index (χ4v) is 1.59. The molecule has 0 aliphatic carbocycles. The molecule has 0 spiro atoms. The number of nitrogens with zero attached hydrogens (tertiary/aromatic N) is 1. The molecule has 1 heterocycles. The minimum atomic E-state index is -0.184. The third kappa shape index (κ3) is 2.48. The van der Waals surface area contributed by atoms with E-state index in [1.165, 1.54) is 0 Å². The third-order valence-corrected chi connectivity index (χ3v) is 2.80. The van der Waals surface area contributed by atoms with Gasteiger partial charge in [0.25, 0.3) is 5.91 Å². The lowest BCUT2D eigenvalue weighted by Crippen LogP contribution is -2.13. The van der Waals surface area contributed by atoms with Crippen LogP contribution in [0, 0.1) is 13.8 Å². The van der Waals surface area contributed by atoms with Crippen molar-refractivity contribution in [2.24, 2.45) is 0 Å². The van der Waals surface area contributed by atoms with Crippen LogP contribution in [0.15, 0.2) is 36.5 Å². The van der Waals surface area contributed by atoms with E-state index < -0.39 is 0 Å². The molecule has 3 N–H and O–H groups in total. The molecular formula is C14H15N3O. The number of anilines is 2. The number of hydrogen-bond acceptors (Lipinski definition) is 3. The number of carbonyl (C=O) groups is 1. The molecule has 4 nitrogen and oxygen atoms in total. The predicted octanol–water partition coefficient (Wildman–Crippen LogP) is 2.53. The number of pyridine rings is 1. The molecule has 0 aliphatic rings. The normalized spacial score (nSPS) is 10.1. The number of aryl methyl sites for hydroxylation is 1. The number of benzene rings is 1. The maximum absolute atomic E-state index is 12.0. The highest BCUT2D eigenvalue weighted by atomic mass is 16.1. The summed E-state index contributed by atoms with van der Waals surface area (Å²) in [5.41, 5.74) is 9.45. The van der Waals surface area contributed by atoms with Crippen LogP contribution < -0.4 is 11.1 Å². The largest absolute Gasteiger partial charge is 0.398 e. The molecule has 0 aliphatic heterocycles. The second kappa shape index (κ2) is 4.87. The molecule has 0 atom stereocenters. The zero-order valence-corrected chi connectivity index (χ0v) is 10.4. The molecule has 4 heteroatoms. The lowest BCUT2D eigenvalue weighted by atomic mass is 10.1. The van der Waals surface area contributed by atoms with Gasteiger partial charge in [-0.25, -0.2) is 0 Å². The van der Waals surface area contributed by atoms with Crippen LogP contribution in [0.3, 0.4) is 0 Å². The van der Waals surface area contributed by atoms with Crippen LogP contribution in [-0.2, 0) is 0 Å². The van der Waals surface area contributed by atoms with E-state index in [2.05, 4.69) is 10.3 Å². The van der Waals surface area contributed by atoms with Gasteiger partial charge in [-0.3, -0.25) is 9.78 Å². The van der Waals surface area contributed by atoms with Gasteiger partial charge in [0.15, 0.2) is 0 Å². The first-order valence-corrected chi connectivity index (χ1v) is 5.67. The van der Waals surface area contributed by atoms with Crippen molar-refractivity contribution < 1.29 is 4.79 Å². The summed E-state index contributed by atoms with van der Waals surface area (Å²) in [6, 6.07) is 9.00. The lowest BCUT2D eigenvalue weighted by Gasteiger charge is -2.10. The summed E-state index contributed by atoms with van der Waals surface area (Å²) in [7, 11) is 0. The molecule has 0 radical (unpaired) electrons. The van der Waals surface area contributed by atoms with Gasteiger partial charge in [-0.15, -0.1) is 0 Å². The summed E-state index contributed by atoms with van der Waals surface area (Å²) < 4.78 is 0. The summed E-state index contributed by atoms with van der Waals surface area (Å²) in [4.78, 5) is 16.1. The SMILES string of the molecule is Cc1ccc(C(=O)Nc2cccc(N)c2C)cn1. The number of nitrogen functional groups attached to an aromatic ring is 1. The number of rotatable bonds is 2.